The first-order valence-corrected chi connectivity index (χ1v) is 5.96. The minimum absolute atomic E-state index is 0.394. The standard InChI is InChI=1S/C14H18N2O/c1-11(2)14-8-13(16-17-14)10-15-9-12-6-4-3-5-7-12/h3-8,11,15H,9-10H2,1-2H3. The monoisotopic (exact) mass is 230 g/mol. The van der Waals surface area contributed by atoms with Gasteiger partial charge in [0.15, 0.2) is 0 Å². The molecule has 0 saturated heterocycles. The maximum absolute atomic E-state index is 5.24. The normalized spacial score (nSPS) is 11.0. The molecule has 0 aliphatic heterocycles. The summed E-state index contributed by atoms with van der Waals surface area (Å²) in [4.78, 5) is 0. The molecular weight excluding hydrogens is 212 g/mol. The molecule has 17 heavy (non-hydrogen) atoms. The second kappa shape index (κ2) is 5.64. The van der Waals surface area contributed by atoms with Crippen molar-refractivity contribution in [2.75, 3.05) is 0 Å². The van der Waals surface area contributed by atoms with Crippen molar-refractivity contribution in [3.05, 3.63) is 53.4 Å². The molecule has 0 aliphatic carbocycles. The highest BCUT2D eigenvalue weighted by atomic mass is 16.5. The van der Waals surface area contributed by atoms with E-state index in [0.29, 0.717) is 5.92 Å². The number of rotatable bonds is 5. The van der Waals surface area contributed by atoms with Crippen molar-refractivity contribution in [3.8, 4) is 0 Å². The largest absolute Gasteiger partial charge is 0.361 e. The lowest BCUT2D eigenvalue weighted by Crippen LogP contribution is -2.12. The van der Waals surface area contributed by atoms with Gasteiger partial charge in [-0.15, -0.1) is 0 Å². The van der Waals surface area contributed by atoms with Crippen LogP contribution in [0.1, 0.15) is 36.8 Å². The molecule has 1 aromatic heterocycles. The summed E-state index contributed by atoms with van der Waals surface area (Å²) in [5.74, 6) is 1.34. The lowest BCUT2D eigenvalue weighted by atomic mass is 10.1. The summed E-state index contributed by atoms with van der Waals surface area (Å²) in [7, 11) is 0. The zero-order valence-corrected chi connectivity index (χ0v) is 10.3. The van der Waals surface area contributed by atoms with Crippen LogP contribution in [0.4, 0.5) is 0 Å². The van der Waals surface area contributed by atoms with Gasteiger partial charge in [-0.25, -0.2) is 0 Å². The van der Waals surface area contributed by atoms with E-state index in [0.717, 1.165) is 24.5 Å². The Morgan fingerprint density at radius 2 is 1.94 bits per heavy atom. The molecular formula is C14H18N2O. The van der Waals surface area contributed by atoms with Crippen molar-refractivity contribution >= 4 is 0 Å². The second-order valence-corrected chi connectivity index (χ2v) is 4.46. The third-order valence-corrected chi connectivity index (χ3v) is 2.62. The van der Waals surface area contributed by atoms with E-state index in [1.54, 1.807) is 0 Å². The molecule has 0 unspecified atom stereocenters. The van der Waals surface area contributed by atoms with E-state index >= 15 is 0 Å². The van der Waals surface area contributed by atoms with Gasteiger partial charge in [0.25, 0.3) is 0 Å². The Bertz CT molecular complexity index is 448. The van der Waals surface area contributed by atoms with Crippen LogP contribution in [0.5, 0.6) is 0 Å². The second-order valence-electron chi connectivity index (χ2n) is 4.46. The van der Waals surface area contributed by atoms with Crippen molar-refractivity contribution in [1.82, 2.24) is 10.5 Å². The Labute approximate surface area is 102 Å². The highest BCUT2D eigenvalue weighted by Crippen LogP contribution is 2.14. The molecule has 2 rings (SSSR count). The van der Waals surface area contributed by atoms with E-state index in [1.807, 2.05) is 24.3 Å². The first kappa shape index (κ1) is 11.9. The van der Waals surface area contributed by atoms with Gasteiger partial charge in [-0.2, -0.15) is 0 Å². The maximum atomic E-state index is 5.24. The quantitative estimate of drug-likeness (QED) is 0.857. The molecule has 3 heteroatoms. The van der Waals surface area contributed by atoms with Crippen LogP contribution in [-0.2, 0) is 13.1 Å². The van der Waals surface area contributed by atoms with E-state index in [2.05, 4.69) is 36.5 Å². The average molecular weight is 230 g/mol. The van der Waals surface area contributed by atoms with Crippen LogP contribution in [0.25, 0.3) is 0 Å². The number of hydrogen-bond donors (Lipinski definition) is 1. The summed E-state index contributed by atoms with van der Waals surface area (Å²) in [5, 5.41) is 7.38. The summed E-state index contributed by atoms with van der Waals surface area (Å²) >= 11 is 0. The first-order chi connectivity index (χ1) is 8.25. The number of hydrogen-bond acceptors (Lipinski definition) is 3. The fraction of sp³-hybridized carbons (Fsp3) is 0.357. The topological polar surface area (TPSA) is 38.1 Å². The van der Waals surface area contributed by atoms with Crippen LogP contribution in [0.3, 0.4) is 0 Å². The summed E-state index contributed by atoms with van der Waals surface area (Å²) in [6.45, 7) is 5.79. The van der Waals surface area contributed by atoms with Crippen molar-refractivity contribution < 1.29 is 4.52 Å². The van der Waals surface area contributed by atoms with Gasteiger partial charge in [-0.3, -0.25) is 0 Å². The molecule has 0 radical (unpaired) electrons. The van der Waals surface area contributed by atoms with Crippen LogP contribution >= 0.6 is 0 Å². The molecule has 1 N–H and O–H groups in total. The zero-order chi connectivity index (χ0) is 12.1. The SMILES string of the molecule is CC(C)c1cc(CNCc2ccccc2)no1. The van der Waals surface area contributed by atoms with Gasteiger partial charge in [0.05, 0.1) is 5.69 Å². The Balaban J connectivity index is 1.82. The van der Waals surface area contributed by atoms with E-state index in [1.165, 1.54) is 5.56 Å². The average Bonchev–Trinajstić information content (AvgIpc) is 2.79. The predicted molar refractivity (Wildman–Crippen MR) is 67.6 cm³/mol. The lowest BCUT2D eigenvalue weighted by molar-refractivity contribution is 0.364. The predicted octanol–water partition coefficient (Wildman–Crippen LogP) is 3.09. The van der Waals surface area contributed by atoms with Gasteiger partial charge in [-0.1, -0.05) is 49.3 Å². The Morgan fingerprint density at radius 3 is 2.59 bits per heavy atom. The van der Waals surface area contributed by atoms with Crippen LogP contribution in [0, 0.1) is 0 Å². The molecule has 0 spiro atoms. The van der Waals surface area contributed by atoms with Crippen LogP contribution in [0.2, 0.25) is 0 Å². The van der Waals surface area contributed by atoms with E-state index < -0.39 is 0 Å². The fourth-order valence-electron chi connectivity index (χ4n) is 1.61. The molecule has 1 aromatic carbocycles. The number of nitrogens with one attached hydrogen (secondary N) is 1. The van der Waals surface area contributed by atoms with Crippen LogP contribution < -0.4 is 5.32 Å². The van der Waals surface area contributed by atoms with Crippen molar-refractivity contribution in [2.24, 2.45) is 0 Å². The van der Waals surface area contributed by atoms with Crippen LogP contribution in [0.15, 0.2) is 40.9 Å². The molecule has 3 nitrogen and oxygen atoms in total. The molecule has 1 heterocycles. The molecule has 0 fully saturated rings. The van der Waals surface area contributed by atoms with E-state index in [-0.39, 0.29) is 0 Å². The Kier molecular flexibility index (Phi) is 3.94. The molecule has 2 aromatic rings. The Morgan fingerprint density at radius 1 is 1.18 bits per heavy atom. The van der Waals surface area contributed by atoms with Gasteiger partial charge in [0.2, 0.25) is 0 Å². The van der Waals surface area contributed by atoms with Crippen molar-refractivity contribution in [1.29, 1.82) is 0 Å². The third-order valence-electron chi connectivity index (χ3n) is 2.62. The van der Waals surface area contributed by atoms with Crippen molar-refractivity contribution in [3.63, 3.8) is 0 Å². The summed E-state index contributed by atoms with van der Waals surface area (Å²) < 4.78 is 5.24. The Hall–Kier alpha value is -1.61. The van der Waals surface area contributed by atoms with Crippen molar-refractivity contribution in [2.45, 2.75) is 32.9 Å². The number of aromatic nitrogens is 1. The van der Waals surface area contributed by atoms with E-state index in [4.69, 9.17) is 4.52 Å². The fourth-order valence-corrected chi connectivity index (χ4v) is 1.61. The molecule has 90 valence electrons. The smallest absolute Gasteiger partial charge is 0.139 e. The summed E-state index contributed by atoms with van der Waals surface area (Å²) in [6, 6.07) is 12.3. The third kappa shape index (κ3) is 3.43. The highest BCUT2D eigenvalue weighted by molar-refractivity contribution is 5.14. The molecule has 0 bridgehead atoms. The maximum Gasteiger partial charge on any atom is 0.139 e. The molecule has 0 amide bonds. The zero-order valence-electron chi connectivity index (χ0n) is 10.3. The van der Waals surface area contributed by atoms with Gasteiger partial charge in [0, 0.05) is 25.1 Å². The highest BCUT2D eigenvalue weighted by Gasteiger charge is 2.06. The summed E-state index contributed by atoms with van der Waals surface area (Å²) in [6.07, 6.45) is 0. The minimum Gasteiger partial charge on any atom is -0.361 e. The number of nitrogens with zero attached hydrogens (tertiary/aromatic N) is 1. The molecule has 0 saturated carbocycles. The number of benzene rings is 1. The summed E-state index contributed by atoms with van der Waals surface area (Å²) in [5.41, 5.74) is 2.24. The van der Waals surface area contributed by atoms with E-state index in [9.17, 15) is 0 Å². The molecule has 0 atom stereocenters. The molecule has 0 aliphatic rings. The lowest BCUT2D eigenvalue weighted by Gasteiger charge is -2.01. The van der Waals surface area contributed by atoms with Crippen LogP contribution in [-0.4, -0.2) is 5.16 Å². The van der Waals surface area contributed by atoms with Gasteiger partial charge in [-0.05, 0) is 5.56 Å². The first-order valence-electron chi connectivity index (χ1n) is 5.96. The van der Waals surface area contributed by atoms with Gasteiger partial charge < -0.3 is 9.84 Å². The minimum atomic E-state index is 0.394. The van der Waals surface area contributed by atoms with Gasteiger partial charge >= 0.3 is 0 Å². The van der Waals surface area contributed by atoms with Gasteiger partial charge in [0.1, 0.15) is 5.76 Å².